The lowest BCUT2D eigenvalue weighted by Crippen LogP contribution is -2.16. The molecule has 0 atom stereocenters. The second-order valence-corrected chi connectivity index (χ2v) is 8.41. The Morgan fingerprint density at radius 2 is 1.79 bits per heavy atom. The van der Waals surface area contributed by atoms with Crippen molar-refractivity contribution in [2.75, 3.05) is 0 Å². The number of rotatable bonds is 2. The van der Waals surface area contributed by atoms with E-state index in [1.807, 2.05) is 37.4 Å². The first-order chi connectivity index (χ1) is 14.0. The maximum atomic E-state index is 12.9. The number of hydrogen-bond donors (Lipinski definition) is 0. The summed E-state index contributed by atoms with van der Waals surface area (Å²) in [7, 11) is 2.14. The van der Waals surface area contributed by atoms with Gasteiger partial charge in [0.15, 0.2) is 0 Å². The fourth-order valence-electron chi connectivity index (χ4n) is 4.71. The van der Waals surface area contributed by atoms with E-state index in [0.29, 0.717) is 5.02 Å². The van der Waals surface area contributed by atoms with Gasteiger partial charge in [0.2, 0.25) is 0 Å². The van der Waals surface area contributed by atoms with E-state index in [4.69, 9.17) is 11.6 Å². The summed E-state index contributed by atoms with van der Waals surface area (Å²) >= 11 is 6.07. The van der Waals surface area contributed by atoms with Gasteiger partial charge in [0.1, 0.15) is 0 Å². The normalized spacial score (nSPS) is 13.6. The molecule has 0 bridgehead atoms. The molecule has 4 heteroatoms. The van der Waals surface area contributed by atoms with Crippen LogP contribution in [0.4, 0.5) is 0 Å². The van der Waals surface area contributed by atoms with Crippen LogP contribution >= 0.6 is 11.6 Å². The summed E-state index contributed by atoms with van der Waals surface area (Å²) in [6.07, 6.45) is 6.69. The number of aromatic nitrogens is 2. The van der Waals surface area contributed by atoms with Crippen molar-refractivity contribution in [3.63, 3.8) is 0 Å². The van der Waals surface area contributed by atoms with Gasteiger partial charge in [-0.1, -0.05) is 23.7 Å². The summed E-state index contributed by atoms with van der Waals surface area (Å²) in [6.45, 7) is 2.01. The third-order valence-electron chi connectivity index (χ3n) is 6.21. The first-order valence-corrected chi connectivity index (χ1v) is 10.5. The molecule has 0 unspecified atom stereocenters. The Bertz CT molecular complexity index is 1310. The van der Waals surface area contributed by atoms with Crippen LogP contribution in [0.15, 0.2) is 59.5 Å². The molecule has 0 amide bonds. The Morgan fingerprint density at radius 3 is 2.59 bits per heavy atom. The molecular weight excluding hydrogens is 380 g/mol. The van der Waals surface area contributed by atoms with Gasteiger partial charge in [-0.2, -0.15) is 0 Å². The minimum absolute atomic E-state index is 0.0322. The average molecular weight is 403 g/mol. The maximum Gasteiger partial charge on any atom is 0.255 e. The lowest BCUT2D eigenvalue weighted by atomic mass is 9.95. The number of pyridine rings is 1. The van der Waals surface area contributed by atoms with Crippen molar-refractivity contribution in [3.05, 3.63) is 86.9 Å². The van der Waals surface area contributed by atoms with Crippen molar-refractivity contribution >= 4 is 22.5 Å². The zero-order chi connectivity index (χ0) is 20.1. The minimum Gasteiger partial charge on any atom is -0.347 e. The van der Waals surface area contributed by atoms with Gasteiger partial charge in [0.05, 0.1) is 11.2 Å². The smallest absolute Gasteiger partial charge is 0.255 e. The van der Waals surface area contributed by atoms with E-state index in [9.17, 15) is 4.79 Å². The van der Waals surface area contributed by atoms with Crippen LogP contribution in [-0.2, 0) is 19.9 Å². The summed E-state index contributed by atoms with van der Waals surface area (Å²) < 4.78 is 4.03. The molecule has 2 aromatic carbocycles. The van der Waals surface area contributed by atoms with E-state index in [-0.39, 0.29) is 5.56 Å². The fourth-order valence-corrected chi connectivity index (χ4v) is 4.94. The van der Waals surface area contributed by atoms with E-state index < -0.39 is 0 Å². The number of hydrogen-bond acceptors (Lipinski definition) is 1. The van der Waals surface area contributed by atoms with Gasteiger partial charge in [-0.25, -0.2) is 0 Å². The molecule has 4 aromatic rings. The van der Waals surface area contributed by atoms with Gasteiger partial charge in [-0.05, 0) is 85.2 Å². The van der Waals surface area contributed by atoms with Crippen molar-refractivity contribution in [2.24, 2.45) is 7.05 Å². The molecule has 0 aliphatic heterocycles. The molecule has 2 aromatic heterocycles. The molecule has 0 radical (unpaired) electrons. The molecule has 1 aliphatic carbocycles. The number of aryl methyl sites for hydroxylation is 3. The third-order valence-corrected chi connectivity index (χ3v) is 6.44. The first kappa shape index (κ1) is 18.3. The summed E-state index contributed by atoms with van der Waals surface area (Å²) in [5.74, 6) is 0. The molecule has 1 aliphatic rings. The molecule has 29 heavy (non-hydrogen) atoms. The van der Waals surface area contributed by atoms with Crippen LogP contribution in [0.25, 0.3) is 27.7 Å². The van der Waals surface area contributed by atoms with Crippen LogP contribution in [-0.4, -0.2) is 9.13 Å². The van der Waals surface area contributed by atoms with Gasteiger partial charge in [-0.15, -0.1) is 0 Å². The Labute approximate surface area is 175 Å². The zero-order valence-corrected chi connectivity index (χ0v) is 17.5. The van der Waals surface area contributed by atoms with Gasteiger partial charge >= 0.3 is 0 Å². The van der Waals surface area contributed by atoms with Crippen molar-refractivity contribution in [3.8, 4) is 16.8 Å². The highest BCUT2D eigenvalue weighted by Crippen LogP contribution is 2.32. The highest BCUT2D eigenvalue weighted by Gasteiger charge is 2.18. The average Bonchev–Trinajstić information content (AvgIpc) is 3.00. The monoisotopic (exact) mass is 402 g/mol. The van der Waals surface area contributed by atoms with Crippen molar-refractivity contribution < 1.29 is 0 Å². The number of halogens is 1. The largest absolute Gasteiger partial charge is 0.347 e. The van der Waals surface area contributed by atoms with Gasteiger partial charge in [0.25, 0.3) is 5.56 Å². The first-order valence-electron chi connectivity index (χ1n) is 10.1. The van der Waals surface area contributed by atoms with E-state index in [2.05, 4.69) is 29.8 Å². The molecular formula is C25H23ClN2O. The molecule has 0 spiro atoms. The topological polar surface area (TPSA) is 26.9 Å². The number of fused-ring (bicyclic) bond motifs is 3. The van der Waals surface area contributed by atoms with E-state index in [0.717, 1.165) is 35.2 Å². The maximum absolute atomic E-state index is 12.9. The molecule has 5 rings (SSSR count). The SMILES string of the molecule is Cc1cc(Cl)ccc1-c1ccn(-c2ccc3c4c(n(C)c3c2)CCCC4)c(=O)c1. The van der Waals surface area contributed by atoms with Crippen molar-refractivity contribution in [1.29, 1.82) is 0 Å². The van der Waals surface area contributed by atoms with E-state index in [1.54, 1.807) is 10.6 Å². The molecule has 0 N–H and O–H groups in total. The number of nitrogens with zero attached hydrogens (tertiary/aromatic N) is 2. The molecule has 146 valence electrons. The van der Waals surface area contributed by atoms with E-state index >= 15 is 0 Å². The number of benzene rings is 2. The second kappa shape index (κ2) is 6.93. The van der Waals surface area contributed by atoms with Crippen LogP contribution in [0.1, 0.15) is 29.7 Å². The Morgan fingerprint density at radius 1 is 0.966 bits per heavy atom. The fraction of sp³-hybridized carbons (Fsp3) is 0.240. The summed E-state index contributed by atoms with van der Waals surface area (Å²) in [5, 5.41) is 2.03. The standard InChI is InChI=1S/C25H23ClN2O/c1-16-13-18(26)7-9-20(16)17-11-12-28(25(29)14-17)19-8-10-22-21-5-3-4-6-23(21)27(2)24(22)15-19/h7-15H,3-6H2,1-2H3. The van der Waals surface area contributed by atoms with Gasteiger partial charge < -0.3 is 4.57 Å². The van der Waals surface area contributed by atoms with Crippen LogP contribution in [0.2, 0.25) is 5.02 Å². The third kappa shape index (κ3) is 3.01. The minimum atomic E-state index is -0.0322. The molecule has 0 saturated carbocycles. The van der Waals surface area contributed by atoms with Crippen LogP contribution < -0.4 is 5.56 Å². The lowest BCUT2D eigenvalue weighted by Gasteiger charge is -2.12. The van der Waals surface area contributed by atoms with Crippen molar-refractivity contribution in [2.45, 2.75) is 32.6 Å². The molecule has 3 nitrogen and oxygen atoms in total. The van der Waals surface area contributed by atoms with Gasteiger partial charge in [0, 0.05) is 35.4 Å². The summed E-state index contributed by atoms with van der Waals surface area (Å²) in [6, 6.07) is 15.8. The molecule has 0 fully saturated rings. The zero-order valence-electron chi connectivity index (χ0n) is 16.7. The van der Waals surface area contributed by atoms with Crippen LogP contribution in [0, 0.1) is 6.92 Å². The molecule has 0 saturated heterocycles. The Hall–Kier alpha value is -2.78. The summed E-state index contributed by atoms with van der Waals surface area (Å²) in [5.41, 5.74) is 8.02. The highest BCUT2D eigenvalue weighted by molar-refractivity contribution is 6.30. The predicted octanol–water partition coefficient (Wildman–Crippen LogP) is 5.84. The quantitative estimate of drug-likeness (QED) is 0.414. The Kier molecular flexibility index (Phi) is 4.36. The highest BCUT2D eigenvalue weighted by atomic mass is 35.5. The Balaban J connectivity index is 1.60. The van der Waals surface area contributed by atoms with E-state index in [1.165, 1.54) is 35.0 Å². The summed E-state index contributed by atoms with van der Waals surface area (Å²) in [4.78, 5) is 12.9. The van der Waals surface area contributed by atoms with Gasteiger partial charge in [-0.3, -0.25) is 9.36 Å². The second-order valence-electron chi connectivity index (χ2n) is 7.98. The van der Waals surface area contributed by atoms with Crippen LogP contribution in [0.3, 0.4) is 0 Å². The van der Waals surface area contributed by atoms with Crippen molar-refractivity contribution in [1.82, 2.24) is 9.13 Å². The molecule has 2 heterocycles. The van der Waals surface area contributed by atoms with Crippen LogP contribution in [0.5, 0.6) is 0 Å². The lowest BCUT2D eigenvalue weighted by molar-refractivity contribution is 0.653. The predicted molar refractivity (Wildman–Crippen MR) is 120 cm³/mol.